The SMILES string of the molecule is O=C1C2CCCCN2C(=O)N1CCCCNCC1CCc2ccccc2O1. The number of ether oxygens (including phenoxy) is 1. The zero-order valence-electron chi connectivity index (χ0n) is 15.9. The molecule has 3 aliphatic heterocycles. The highest BCUT2D eigenvalue weighted by Crippen LogP contribution is 2.27. The Morgan fingerprint density at radius 1 is 1.11 bits per heavy atom. The summed E-state index contributed by atoms with van der Waals surface area (Å²) in [6.07, 6.45) is 7.01. The Labute approximate surface area is 160 Å². The Bertz CT molecular complexity index is 669. The molecule has 2 atom stereocenters. The smallest absolute Gasteiger partial charge is 0.327 e. The number of rotatable bonds is 7. The van der Waals surface area contributed by atoms with Crippen molar-refractivity contribution in [2.45, 2.75) is 57.1 Å². The van der Waals surface area contributed by atoms with E-state index >= 15 is 0 Å². The van der Waals surface area contributed by atoms with Crippen molar-refractivity contribution >= 4 is 11.9 Å². The van der Waals surface area contributed by atoms with Crippen LogP contribution < -0.4 is 10.1 Å². The van der Waals surface area contributed by atoms with Gasteiger partial charge in [0.1, 0.15) is 17.9 Å². The zero-order valence-corrected chi connectivity index (χ0v) is 15.9. The number of aryl methyl sites for hydroxylation is 1. The number of amides is 3. The van der Waals surface area contributed by atoms with Gasteiger partial charge >= 0.3 is 6.03 Å². The number of nitrogens with zero attached hydrogens (tertiary/aromatic N) is 2. The molecule has 1 aromatic carbocycles. The van der Waals surface area contributed by atoms with Crippen molar-refractivity contribution in [3.05, 3.63) is 29.8 Å². The maximum Gasteiger partial charge on any atom is 0.327 e. The van der Waals surface area contributed by atoms with E-state index in [2.05, 4.69) is 17.4 Å². The third kappa shape index (κ3) is 3.95. The standard InChI is InChI=1S/C21H29N3O3/c25-20-18-8-3-5-13-23(18)21(26)24(20)14-6-4-12-22-15-17-11-10-16-7-1-2-9-19(16)27-17/h1-2,7,9,17-18,22H,3-6,8,10-15H2. The summed E-state index contributed by atoms with van der Waals surface area (Å²) in [5.74, 6) is 1.03. The van der Waals surface area contributed by atoms with Gasteiger partial charge in [0.15, 0.2) is 0 Å². The molecule has 0 bridgehead atoms. The second kappa shape index (κ2) is 8.30. The summed E-state index contributed by atoms with van der Waals surface area (Å²) in [6.45, 7) is 2.99. The largest absolute Gasteiger partial charge is 0.489 e. The number of urea groups is 1. The predicted octanol–water partition coefficient (Wildman–Crippen LogP) is 2.57. The average molecular weight is 371 g/mol. The molecule has 2 saturated heterocycles. The van der Waals surface area contributed by atoms with E-state index in [1.165, 1.54) is 10.5 Å². The molecule has 146 valence electrons. The Morgan fingerprint density at radius 3 is 2.89 bits per heavy atom. The number of fused-ring (bicyclic) bond motifs is 2. The van der Waals surface area contributed by atoms with Crippen LogP contribution in [0.3, 0.4) is 0 Å². The normalized spacial score (nSPS) is 24.6. The molecule has 27 heavy (non-hydrogen) atoms. The minimum atomic E-state index is -0.185. The summed E-state index contributed by atoms with van der Waals surface area (Å²) in [7, 11) is 0. The van der Waals surface area contributed by atoms with Crippen LogP contribution in [0.5, 0.6) is 5.75 Å². The molecule has 4 rings (SSSR count). The van der Waals surface area contributed by atoms with Gasteiger partial charge in [-0.15, -0.1) is 0 Å². The monoisotopic (exact) mass is 371 g/mol. The lowest BCUT2D eigenvalue weighted by Gasteiger charge is -2.26. The van der Waals surface area contributed by atoms with Gasteiger partial charge < -0.3 is 15.0 Å². The van der Waals surface area contributed by atoms with Gasteiger partial charge in [0.2, 0.25) is 0 Å². The van der Waals surface area contributed by atoms with Crippen molar-refractivity contribution in [2.75, 3.05) is 26.2 Å². The van der Waals surface area contributed by atoms with E-state index in [0.29, 0.717) is 6.54 Å². The van der Waals surface area contributed by atoms with Crippen LogP contribution >= 0.6 is 0 Å². The molecule has 1 N–H and O–H groups in total. The summed E-state index contributed by atoms with van der Waals surface area (Å²) >= 11 is 0. The number of unbranched alkanes of at least 4 members (excludes halogenated alkanes) is 1. The second-order valence-electron chi connectivity index (χ2n) is 7.77. The van der Waals surface area contributed by atoms with E-state index in [1.54, 1.807) is 4.90 Å². The minimum Gasteiger partial charge on any atom is -0.489 e. The number of benzene rings is 1. The molecular weight excluding hydrogens is 342 g/mol. The van der Waals surface area contributed by atoms with Crippen molar-refractivity contribution in [2.24, 2.45) is 0 Å². The molecule has 0 radical (unpaired) electrons. The molecule has 6 nitrogen and oxygen atoms in total. The Morgan fingerprint density at radius 2 is 2.00 bits per heavy atom. The van der Waals surface area contributed by atoms with E-state index in [4.69, 9.17) is 4.74 Å². The molecule has 6 heteroatoms. The van der Waals surface area contributed by atoms with Crippen LogP contribution in [0.2, 0.25) is 0 Å². The lowest BCUT2D eigenvalue weighted by Crippen LogP contribution is -2.39. The van der Waals surface area contributed by atoms with Crippen LogP contribution in [-0.2, 0) is 11.2 Å². The first kappa shape index (κ1) is 18.3. The number of carbonyl (C=O) groups is 2. The van der Waals surface area contributed by atoms with Gasteiger partial charge in [-0.25, -0.2) is 4.79 Å². The molecule has 2 fully saturated rings. The number of hydrogen-bond donors (Lipinski definition) is 1. The third-order valence-corrected chi connectivity index (χ3v) is 5.89. The van der Waals surface area contributed by atoms with Gasteiger partial charge in [-0.3, -0.25) is 9.69 Å². The predicted molar refractivity (Wildman–Crippen MR) is 103 cm³/mol. The van der Waals surface area contributed by atoms with Crippen molar-refractivity contribution in [3.63, 3.8) is 0 Å². The highest BCUT2D eigenvalue weighted by molar-refractivity contribution is 6.04. The van der Waals surface area contributed by atoms with E-state index in [9.17, 15) is 9.59 Å². The quantitative estimate of drug-likeness (QED) is 0.591. The van der Waals surface area contributed by atoms with Crippen LogP contribution in [-0.4, -0.2) is 60.1 Å². The molecule has 0 spiro atoms. The molecule has 0 aliphatic carbocycles. The first-order valence-electron chi connectivity index (χ1n) is 10.3. The molecule has 0 saturated carbocycles. The fraction of sp³-hybridized carbons (Fsp3) is 0.619. The summed E-state index contributed by atoms with van der Waals surface area (Å²) in [5.41, 5.74) is 1.30. The number of para-hydroxylation sites is 1. The Balaban J connectivity index is 1.13. The van der Waals surface area contributed by atoms with Gasteiger partial charge in [-0.1, -0.05) is 18.2 Å². The molecule has 0 aromatic heterocycles. The molecule has 3 amide bonds. The number of piperidine rings is 1. The number of hydrogen-bond acceptors (Lipinski definition) is 4. The fourth-order valence-corrected chi connectivity index (χ4v) is 4.36. The van der Waals surface area contributed by atoms with Crippen LogP contribution in [0.1, 0.15) is 44.1 Å². The summed E-state index contributed by atoms with van der Waals surface area (Å²) in [6, 6.07) is 7.99. The fourth-order valence-electron chi connectivity index (χ4n) is 4.36. The van der Waals surface area contributed by atoms with Gasteiger partial charge in [0.05, 0.1) is 0 Å². The van der Waals surface area contributed by atoms with Crippen LogP contribution in [0.15, 0.2) is 24.3 Å². The van der Waals surface area contributed by atoms with Crippen molar-refractivity contribution in [1.29, 1.82) is 0 Å². The lowest BCUT2D eigenvalue weighted by atomic mass is 10.0. The van der Waals surface area contributed by atoms with Crippen molar-refractivity contribution in [1.82, 2.24) is 15.1 Å². The molecule has 3 aliphatic rings. The Hall–Kier alpha value is -2.08. The van der Waals surface area contributed by atoms with E-state index in [-0.39, 0.29) is 24.1 Å². The Kier molecular flexibility index (Phi) is 5.62. The molecular formula is C21H29N3O3. The summed E-state index contributed by atoms with van der Waals surface area (Å²) in [5, 5.41) is 3.46. The van der Waals surface area contributed by atoms with Crippen LogP contribution in [0.25, 0.3) is 0 Å². The lowest BCUT2D eigenvalue weighted by molar-refractivity contribution is -0.128. The van der Waals surface area contributed by atoms with E-state index in [0.717, 1.165) is 70.3 Å². The van der Waals surface area contributed by atoms with Crippen LogP contribution in [0.4, 0.5) is 4.79 Å². The van der Waals surface area contributed by atoms with Crippen molar-refractivity contribution < 1.29 is 14.3 Å². The number of nitrogens with one attached hydrogen (secondary N) is 1. The highest BCUT2D eigenvalue weighted by atomic mass is 16.5. The van der Waals surface area contributed by atoms with Crippen LogP contribution in [0, 0.1) is 0 Å². The molecule has 2 unspecified atom stereocenters. The minimum absolute atomic E-state index is 0.0157. The summed E-state index contributed by atoms with van der Waals surface area (Å²) < 4.78 is 6.04. The maximum atomic E-state index is 12.4. The number of imide groups is 1. The first-order valence-corrected chi connectivity index (χ1v) is 10.3. The van der Waals surface area contributed by atoms with Gasteiger partial charge in [0.25, 0.3) is 5.91 Å². The highest BCUT2D eigenvalue weighted by Gasteiger charge is 2.45. The average Bonchev–Trinajstić information content (AvgIpc) is 2.95. The second-order valence-corrected chi connectivity index (χ2v) is 7.77. The van der Waals surface area contributed by atoms with Gasteiger partial charge in [-0.05, 0) is 63.1 Å². The van der Waals surface area contributed by atoms with Gasteiger partial charge in [-0.2, -0.15) is 0 Å². The third-order valence-electron chi connectivity index (χ3n) is 5.89. The molecule has 1 aromatic rings. The van der Waals surface area contributed by atoms with Crippen molar-refractivity contribution in [3.8, 4) is 5.75 Å². The van der Waals surface area contributed by atoms with Gasteiger partial charge in [0, 0.05) is 19.6 Å². The van der Waals surface area contributed by atoms with E-state index in [1.807, 2.05) is 12.1 Å². The van der Waals surface area contributed by atoms with E-state index < -0.39 is 0 Å². The zero-order chi connectivity index (χ0) is 18.6. The maximum absolute atomic E-state index is 12.4. The first-order chi connectivity index (χ1) is 13.2. The number of carbonyl (C=O) groups excluding carboxylic acids is 2. The topological polar surface area (TPSA) is 61.9 Å². The summed E-state index contributed by atoms with van der Waals surface area (Å²) in [4.78, 5) is 28.0. The molecule has 3 heterocycles.